The first kappa shape index (κ1) is 15.1. The fourth-order valence-electron chi connectivity index (χ4n) is 3.29. The van der Waals surface area contributed by atoms with Crippen molar-refractivity contribution >= 4 is 33.5 Å². The van der Waals surface area contributed by atoms with Crippen molar-refractivity contribution < 1.29 is 4.74 Å². The summed E-state index contributed by atoms with van der Waals surface area (Å²) in [4.78, 5) is 10.8. The lowest BCUT2D eigenvalue weighted by Gasteiger charge is -2.45. The van der Waals surface area contributed by atoms with Crippen molar-refractivity contribution in [2.75, 3.05) is 12.0 Å². The highest BCUT2D eigenvalue weighted by atomic mass is 79.9. The monoisotopic (exact) mass is 365 g/mol. The van der Waals surface area contributed by atoms with Crippen LogP contribution in [0.25, 0.3) is 0 Å². The summed E-state index contributed by atoms with van der Waals surface area (Å²) in [6, 6.07) is 5.86. The summed E-state index contributed by atoms with van der Waals surface area (Å²) < 4.78 is 6.16. The number of hydrogen-bond donors (Lipinski definition) is 2. The van der Waals surface area contributed by atoms with Gasteiger partial charge in [-0.1, -0.05) is 6.42 Å². The summed E-state index contributed by atoms with van der Waals surface area (Å²) in [6.45, 7) is 0. The zero-order valence-electron chi connectivity index (χ0n) is 12.6. The van der Waals surface area contributed by atoms with Gasteiger partial charge < -0.3 is 16.2 Å². The fourth-order valence-corrected chi connectivity index (χ4v) is 3.82. The molecule has 3 rings (SSSR count). The molecule has 0 unspecified atom stereocenters. The normalized spacial score (nSPS) is 20.5. The predicted molar refractivity (Wildman–Crippen MR) is 92.2 cm³/mol. The van der Waals surface area contributed by atoms with Gasteiger partial charge in [-0.3, -0.25) is 4.90 Å². The highest BCUT2D eigenvalue weighted by Crippen LogP contribution is 2.41. The lowest BCUT2D eigenvalue weighted by molar-refractivity contribution is 0.305. The Kier molecular flexibility index (Phi) is 3.99. The molecule has 22 heavy (non-hydrogen) atoms. The molecule has 118 valence electrons. The standard InChI is InChI=1S/C15H20BrN5O/c1-22-12-6-5-10(9-11(12)16)21-14(18)19-13(17)20-15(21)7-3-2-4-8-15/h5-6,9H,2-4,7-8H2,1H3,(H4,17,18,19,20). The van der Waals surface area contributed by atoms with Crippen LogP contribution < -0.4 is 21.1 Å². The first-order valence-corrected chi connectivity index (χ1v) is 8.18. The lowest BCUT2D eigenvalue weighted by Crippen LogP contribution is -2.58. The smallest absolute Gasteiger partial charge is 0.220 e. The topological polar surface area (TPSA) is 89.2 Å². The van der Waals surface area contributed by atoms with Gasteiger partial charge in [0.15, 0.2) is 0 Å². The quantitative estimate of drug-likeness (QED) is 0.842. The van der Waals surface area contributed by atoms with Crippen molar-refractivity contribution in [3.8, 4) is 5.75 Å². The number of guanidine groups is 2. The minimum atomic E-state index is -0.414. The van der Waals surface area contributed by atoms with E-state index in [1.165, 1.54) is 6.42 Å². The van der Waals surface area contributed by atoms with Crippen LogP contribution in [0, 0.1) is 0 Å². The van der Waals surface area contributed by atoms with Crippen molar-refractivity contribution in [1.82, 2.24) is 0 Å². The summed E-state index contributed by atoms with van der Waals surface area (Å²) in [6.07, 6.45) is 5.28. The zero-order valence-corrected chi connectivity index (χ0v) is 14.1. The van der Waals surface area contributed by atoms with Crippen LogP contribution in [0.5, 0.6) is 5.75 Å². The van der Waals surface area contributed by atoms with Crippen molar-refractivity contribution in [1.29, 1.82) is 0 Å². The number of halogens is 1. The van der Waals surface area contributed by atoms with E-state index in [1.807, 2.05) is 23.1 Å². The molecule has 1 spiro atoms. The Morgan fingerprint density at radius 3 is 2.59 bits per heavy atom. The van der Waals surface area contributed by atoms with E-state index in [2.05, 4.69) is 25.9 Å². The van der Waals surface area contributed by atoms with Gasteiger partial charge in [0.05, 0.1) is 11.6 Å². The Morgan fingerprint density at radius 1 is 1.23 bits per heavy atom. The maximum atomic E-state index is 6.20. The molecule has 1 saturated carbocycles. The van der Waals surface area contributed by atoms with Crippen LogP contribution in [-0.2, 0) is 0 Å². The molecule has 0 aromatic heterocycles. The van der Waals surface area contributed by atoms with Gasteiger partial charge in [-0.05, 0) is 59.8 Å². The molecular weight excluding hydrogens is 346 g/mol. The van der Waals surface area contributed by atoms with Gasteiger partial charge in [-0.15, -0.1) is 0 Å². The van der Waals surface area contributed by atoms with Crippen molar-refractivity contribution in [2.24, 2.45) is 21.5 Å². The number of ether oxygens (including phenoxy) is 1. The molecule has 1 fully saturated rings. The average molecular weight is 366 g/mol. The maximum absolute atomic E-state index is 6.20. The van der Waals surface area contributed by atoms with E-state index in [0.29, 0.717) is 5.96 Å². The van der Waals surface area contributed by atoms with E-state index in [0.717, 1.165) is 41.6 Å². The molecule has 1 aromatic rings. The molecule has 6 nitrogen and oxygen atoms in total. The van der Waals surface area contributed by atoms with Crippen LogP contribution in [0.3, 0.4) is 0 Å². The summed E-state index contributed by atoms with van der Waals surface area (Å²) in [7, 11) is 1.64. The van der Waals surface area contributed by atoms with Crippen LogP contribution in [0.1, 0.15) is 32.1 Å². The number of anilines is 1. The van der Waals surface area contributed by atoms with Gasteiger partial charge in [-0.25, -0.2) is 4.99 Å². The highest BCUT2D eigenvalue weighted by molar-refractivity contribution is 9.10. The average Bonchev–Trinajstić information content (AvgIpc) is 2.47. The number of methoxy groups -OCH3 is 1. The van der Waals surface area contributed by atoms with Crippen LogP contribution in [0.2, 0.25) is 0 Å². The predicted octanol–water partition coefficient (Wildman–Crippen LogP) is 2.57. The minimum Gasteiger partial charge on any atom is -0.496 e. The van der Waals surface area contributed by atoms with Gasteiger partial charge >= 0.3 is 0 Å². The molecule has 1 aliphatic carbocycles. The number of rotatable bonds is 2. The number of aliphatic imine (C=N–C) groups is 2. The number of benzene rings is 1. The molecule has 0 amide bonds. The molecule has 4 N–H and O–H groups in total. The molecule has 1 aliphatic heterocycles. The summed E-state index contributed by atoms with van der Waals surface area (Å²) in [5.74, 6) is 1.44. The van der Waals surface area contributed by atoms with Gasteiger partial charge in [0, 0.05) is 5.69 Å². The SMILES string of the molecule is COc1ccc(N2C(N)=NC(N)=NC23CCCCC3)cc1Br. The fraction of sp³-hybridized carbons (Fsp3) is 0.467. The van der Waals surface area contributed by atoms with Gasteiger partial charge in [0.25, 0.3) is 0 Å². The van der Waals surface area contributed by atoms with Gasteiger partial charge in [-0.2, -0.15) is 4.99 Å². The molecule has 0 bridgehead atoms. The Hall–Kier alpha value is -1.76. The molecule has 0 radical (unpaired) electrons. The third-order valence-corrected chi connectivity index (χ3v) is 4.86. The number of nitrogens with two attached hydrogens (primary N) is 2. The summed E-state index contributed by atoms with van der Waals surface area (Å²) >= 11 is 3.53. The summed E-state index contributed by atoms with van der Waals surface area (Å²) in [5.41, 5.74) is 12.6. The van der Waals surface area contributed by atoms with E-state index >= 15 is 0 Å². The number of hydrogen-bond acceptors (Lipinski definition) is 6. The second-order valence-electron chi connectivity index (χ2n) is 5.64. The van der Waals surface area contributed by atoms with Crippen molar-refractivity contribution in [2.45, 2.75) is 37.8 Å². The second kappa shape index (κ2) is 5.79. The van der Waals surface area contributed by atoms with Crippen LogP contribution in [0.4, 0.5) is 5.69 Å². The second-order valence-corrected chi connectivity index (χ2v) is 6.49. The lowest BCUT2D eigenvalue weighted by atomic mass is 9.87. The Balaban J connectivity index is 2.06. The van der Waals surface area contributed by atoms with E-state index < -0.39 is 5.66 Å². The van der Waals surface area contributed by atoms with E-state index in [1.54, 1.807) is 7.11 Å². The molecule has 0 saturated heterocycles. The molecule has 7 heteroatoms. The molecule has 1 heterocycles. The van der Waals surface area contributed by atoms with Gasteiger partial charge in [0.1, 0.15) is 11.4 Å². The van der Waals surface area contributed by atoms with Crippen LogP contribution in [-0.4, -0.2) is 24.7 Å². The van der Waals surface area contributed by atoms with E-state index in [-0.39, 0.29) is 5.96 Å². The third kappa shape index (κ3) is 2.54. The Morgan fingerprint density at radius 2 is 1.95 bits per heavy atom. The number of nitrogens with zero attached hydrogens (tertiary/aromatic N) is 3. The minimum absolute atomic E-state index is 0.267. The Labute approximate surface area is 138 Å². The maximum Gasteiger partial charge on any atom is 0.220 e. The molecular formula is C15H20BrN5O. The van der Waals surface area contributed by atoms with Gasteiger partial charge in [0.2, 0.25) is 11.9 Å². The zero-order chi connectivity index (χ0) is 15.7. The largest absolute Gasteiger partial charge is 0.496 e. The molecule has 0 atom stereocenters. The Bertz CT molecular complexity index is 637. The van der Waals surface area contributed by atoms with Crippen molar-refractivity contribution in [3.05, 3.63) is 22.7 Å². The van der Waals surface area contributed by atoms with E-state index in [4.69, 9.17) is 16.2 Å². The third-order valence-electron chi connectivity index (χ3n) is 4.24. The summed E-state index contributed by atoms with van der Waals surface area (Å²) in [5, 5.41) is 0. The first-order valence-electron chi connectivity index (χ1n) is 7.39. The van der Waals surface area contributed by atoms with Crippen molar-refractivity contribution in [3.63, 3.8) is 0 Å². The highest BCUT2D eigenvalue weighted by Gasteiger charge is 2.42. The first-order chi connectivity index (χ1) is 10.6. The molecule has 2 aliphatic rings. The van der Waals surface area contributed by atoms with Crippen LogP contribution >= 0.6 is 15.9 Å². The van der Waals surface area contributed by atoms with E-state index in [9.17, 15) is 0 Å². The molecule has 1 aromatic carbocycles. The van der Waals surface area contributed by atoms with Crippen LogP contribution in [0.15, 0.2) is 32.7 Å².